The molecule has 0 N–H and O–H groups in total. The fourth-order valence-corrected chi connectivity index (χ4v) is 5.09. The number of aromatic nitrogens is 1. The van der Waals surface area contributed by atoms with E-state index in [-0.39, 0.29) is 9.79 Å². The van der Waals surface area contributed by atoms with E-state index >= 15 is 0 Å². The molecular weight excluding hydrogens is 360 g/mol. The van der Waals surface area contributed by atoms with Crippen LogP contribution >= 0.6 is 0 Å². The summed E-state index contributed by atoms with van der Waals surface area (Å²) < 4.78 is 32.2. The van der Waals surface area contributed by atoms with Crippen molar-refractivity contribution in [2.75, 3.05) is 25.1 Å². The Balaban J connectivity index is 1.99. The maximum atomic E-state index is 13.4. The summed E-state index contributed by atoms with van der Waals surface area (Å²) in [5.41, 5.74) is 1.51. The fraction of sp³-hybridized carbons (Fsp3) is 0.286. The first-order chi connectivity index (χ1) is 13.1. The van der Waals surface area contributed by atoms with Gasteiger partial charge in [-0.25, -0.2) is 8.42 Å². The molecule has 3 aromatic rings. The fourth-order valence-electron chi connectivity index (χ4n) is 3.63. The third kappa shape index (κ3) is 3.25. The van der Waals surface area contributed by atoms with E-state index in [9.17, 15) is 8.42 Å². The molecule has 0 atom stereocenters. The largest absolute Gasteiger partial charge is 0.497 e. The Hall–Kier alpha value is -2.60. The topological polar surface area (TPSA) is 59.5 Å². The maximum absolute atomic E-state index is 13.4. The minimum absolute atomic E-state index is 0.261. The van der Waals surface area contributed by atoms with Crippen LogP contribution < -0.4 is 9.64 Å². The van der Waals surface area contributed by atoms with Crippen LogP contribution in [0.25, 0.3) is 10.9 Å². The number of sulfone groups is 1. The van der Waals surface area contributed by atoms with Crippen molar-refractivity contribution in [3.8, 4) is 5.75 Å². The number of fused-ring (bicyclic) bond motifs is 1. The van der Waals surface area contributed by atoms with Crippen LogP contribution in [-0.2, 0) is 9.84 Å². The van der Waals surface area contributed by atoms with Gasteiger partial charge in [-0.1, -0.05) is 18.2 Å². The van der Waals surface area contributed by atoms with Crippen molar-refractivity contribution in [2.24, 2.45) is 0 Å². The van der Waals surface area contributed by atoms with Crippen LogP contribution in [0.15, 0.2) is 64.5 Å². The smallest absolute Gasteiger partial charge is 0.210 e. The summed E-state index contributed by atoms with van der Waals surface area (Å²) in [4.78, 5) is 7.17. The Morgan fingerprint density at radius 3 is 2.44 bits per heavy atom. The zero-order valence-corrected chi connectivity index (χ0v) is 16.1. The van der Waals surface area contributed by atoms with Gasteiger partial charge >= 0.3 is 0 Å². The van der Waals surface area contributed by atoms with Crippen molar-refractivity contribution in [1.82, 2.24) is 4.98 Å². The second-order valence-corrected chi connectivity index (χ2v) is 8.64. The van der Waals surface area contributed by atoms with Crippen LogP contribution in [0.1, 0.15) is 19.3 Å². The first kappa shape index (κ1) is 17.8. The number of piperidine rings is 1. The molecule has 140 valence electrons. The molecule has 0 radical (unpaired) electrons. The molecule has 5 nitrogen and oxygen atoms in total. The minimum atomic E-state index is -3.67. The summed E-state index contributed by atoms with van der Waals surface area (Å²) in [6.45, 7) is 1.68. The summed E-state index contributed by atoms with van der Waals surface area (Å²) in [6, 6.07) is 14.2. The number of rotatable bonds is 4. The lowest BCUT2D eigenvalue weighted by molar-refractivity contribution is 0.415. The zero-order chi connectivity index (χ0) is 18.9. The predicted octanol–water partition coefficient (Wildman–Crippen LogP) is 4.07. The number of methoxy groups -OCH3 is 1. The van der Waals surface area contributed by atoms with Gasteiger partial charge in [0.05, 0.1) is 23.2 Å². The molecule has 0 bridgehead atoms. The number of hydrogen-bond donors (Lipinski definition) is 0. The van der Waals surface area contributed by atoms with Crippen molar-refractivity contribution in [2.45, 2.75) is 29.1 Å². The highest BCUT2D eigenvalue weighted by Crippen LogP contribution is 2.38. The molecule has 0 aliphatic carbocycles. The monoisotopic (exact) mass is 382 g/mol. The Morgan fingerprint density at radius 1 is 1.00 bits per heavy atom. The number of anilines is 1. The molecule has 0 unspecified atom stereocenters. The van der Waals surface area contributed by atoms with Crippen LogP contribution in [0.5, 0.6) is 5.75 Å². The SMILES string of the molecule is COc1ccc2ncc(S(=O)(=O)c3ccccc3)c(N3CCCCC3)c2c1. The molecule has 1 aliphatic heterocycles. The molecule has 6 heteroatoms. The zero-order valence-electron chi connectivity index (χ0n) is 15.3. The van der Waals surface area contributed by atoms with Crippen LogP contribution in [0.4, 0.5) is 5.69 Å². The molecule has 1 fully saturated rings. The Morgan fingerprint density at radius 2 is 1.74 bits per heavy atom. The van der Waals surface area contributed by atoms with Gasteiger partial charge in [0.2, 0.25) is 9.84 Å². The van der Waals surface area contributed by atoms with Gasteiger partial charge in [-0.05, 0) is 49.6 Å². The number of hydrogen-bond acceptors (Lipinski definition) is 5. The third-order valence-electron chi connectivity index (χ3n) is 5.03. The van der Waals surface area contributed by atoms with Gasteiger partial charge in [-0.3, -0.25) is 4.98 Å². The van der Waals surface area contributed by atoms with E-state index in [0.717, 1.165) is 42.5 Å². The van der Waals surface area contributed by atoms with Crippen molar-refractivity contribution < 1.29 is 13.2 Å². The number of pyridine rings is 1. The molecule has 2 aromatic carbocycles. The van der Waals surface area contributed by atoms with Gasteiger partial charge < -0.3 is 9.64 Å². The lowest BCUT2D eigenvalue weighted by Crippen LogP contribution is -2.31. The van der Waals surface area contributed by atoms with E-state index in [2.05, 4.69) is 9.88 Å². The molecule has 27 heavy (non-hydrogen) atoms. The average Bonchev–Trinajstić information content (AvgIpc) is 2.73. The van der Waals surface area contributed by atoms with Gasteiger partial charge in [0.25, 0.3) is 0 Å². The predicted molar refractivity (Wildman–Crippen MR) is 106 cm³/mol. The van der Waals surface area contributed by atoms with Gasteiger partial charge in [-0.15, -0.1) is 0 Å². The Labute approximate surface area is 159 Å². The van der Waals surface area contributed by atoms with E-state index in [1.54, 1.807) is 31.4 Å². The van der Waals surface area contributed by atoms with Gasteiger partial charge in [0.1, 0.15) is 10.6 Å². The molecule has 0 spiro atoms. The highest BCUT2D eigenvalue weighted by Gasteiger charge is 2.27. The van der Waals surface area contributed by atoms with Crippen molar-refractivity contribution in [1.29, 1.82) is 0 Å². The van der Waals surface area contributed by atoms with Crippen molar-refractivity contribution >= 4 is 26.4 Å². The number of benzene rings is 2. The number of nitrogens with zero attached hydrogens (tertiary/aromatic N) is 2. The summed E-state index contributed by atoms with van der Waals surface area (Å²) in [5, 5.41) is 0.813. The quantitative estimate of drug-likeness (QED) is 0.681. The summed E-state index contributed by atoms with van der Waals surface area (Å²) in [6.07, 6.45) is 4.78. The summed E-state index contributed by atoms with van der Waals surface area (Å²) in [5.74, 6) is 0.691. The maximum Gasteiger partial charge on any atom is 0.210 e. The average molecular weight is 382 g/mol. The van der Waals surface area contributed by atoms with Crippen LogP contribution in [-0.4, -0.2) is 33.6 Å². The molecule has 4 rings (SSSR count). The lowest BCUT2D eigenvalue weighted by atomic mass is 10.1. The van der Waals surface area contributed by atoms with Crippen molar-refractivity contribution in [3.63, 3.8) is 0 Å². The van der Waals surface area contributed by atoms with Crippen molar-refractivity contribution in [3.05, 3.63) is 54.7 Å². The van der Waals surface area contributed by atoms with Gasteiger partial charge in [0, 0.05) is 24.7 Å². The highest BCUT2D eigenvalue weighted by atomic mass is 32.2. The standard InChI is InChI=1S/C21H22N2O3S/c1-26-16-10-11-19-18(14-16)21(23-12-6-3-7-13-23)20(15-22-19)27(24,25)17-8-4-2-5-9-17/h2,4-5,8-11,14-15H,3,6-7,12-13H2,1H3. The van der Waals surface area contributed by atoms with E-state index < -0.39 is 9.84 Å². The highest BCUT2D eigenvalue weighted by molar-refractivity contribution is 7.91. The first-order valence-electron chi connectivity index (χ1n) is 9.13. The lowest BCUT2D eigenvalue weighted by Gasteiger charge is -2.31. The molecular formula is C21H22N2O3S. The molecule has 0 saturated carbocycles. The molecule has 2 heterocycles. The van der Waals surface area contributed by atoms with Gasteiger partial charge in [-0.2, -0.15) is 0 Å². The van der Waals surface area contributed by atoms with Gasteiger partial charge in [0.15, 0.2) is 0 Å². The third-order valence-corrected chi connectivity index (χ3v) is 6.80. The second-order valence-electron chi connectivity index (χ2n) is 6.72. The van der Waals surface area contributed by atoms with E-state index in [4.69, 9.17) is 4.74 Å². The summed E-state index contributed by atoms with van der Waals surface area (Å²) in [7, 11) is -2.06. The van der Waals surface area contributed by atoms with E-state index in [0.29, 0.717) is 5.75 Å². The Bertz CT molecular complexity index is 1060. The van der Waals surface area contributed by atoms with E-state index in [1.807, 2.05) is 24.3 Å². The Kier molecular flexibility index (Phi) is 4.74. The summed E-state index contributed by atoms with van der Waals surface area (Å²) >= 11 is 0. The molecule has 1 aliphatic rings. The number of ether oxygens (including phenoxy) is 1. The van der Waals surface area contributed by atoms with E-state index in [1.165, 1.54) is 12.6 Å². The second kappa shape index (κ2) is 7.19. The first-order valence-corrected chi connectivity index (χ1v) is 10.6. The normalized spacial score (nSPS) is 15.1. The molecule has 1 saturated heterocycles. The molecule has 0 amide bonds. The molecule has 1 aromatic heterocycles. The van der Waals surface area contributed by atoms with Crippen LogP contribution in [0.3, 0.4) is 0 Å². The minimum Gasteiger partial charge on any atom is -0.497 e. The van der Waals surface area contributed by atoms with Crippen LogP contribution in [0.2, 0.25) is 0 Å². The van der Waals surface area contributed by atoms with Crippen LogP contribution in [0, 0.1) is 0 Å².